The number of aliphatic hydroxyl groups is 1. The average molecular weight is 340 g/mol. The van der Waals surface area contributed by atoms with Crippen molar-refractivity contribution in [3.8, 4) is 0 Å². The van der Waals surface area contributed by atoms with E-state index < -0.39 is 6.10 Å². The molecule has 0 radical (unpaired) electrons. The van der Waals surface area contributed by atoms with Crippen LogP contribution in [0.4, 0.5) is 0 Å². The smallest absolute Gasteiger partial charge is 0.0845 e. The van der Waals surface area contributed by atoms with Gasteiger partial charge in [0.25, 0.3) is 0 Å². The highest BCUT2D eigenvalue weighted by molar-refractivity contribution is 9.10. The third kappa shape index (κ3) is 3.38. The quantitative estimate of drug-likeness (QED) is 0.834. The van der Waals surface area contributed by atoms with Crippen LogP contribution in [0.1, 0.15) is 28.4 Å². The number of aryl methyl sites for hydroxylation is 2. The van der Waals surface area contributed by atoms with Crippen LogP contribution in [0, 0.1) is 13.8 Å². The van der Waals surface area contributed by atoms with Gasteiger partial charge < -0.3 is 5.11 Å². The molecular weight excluding hydrogens is 324 g/mol. The molecule has 100 valence electrons. The molecule has 1 atom stereocenters. The average Bonchev–Trinajstić information content (AvgIpc) is 2.37. The summed E-state index contributed by atoms with van der Waals surface area (Å²) in [6.45, 7) is 4.13. The van der Waals surface area contributed by atoms with Crippen LogP contribution in [0.5, 0.6) is 0 Å². The Kier molecular flexibility index (Phi) is 4.67. The zero-order chi connectivity index (χ0) is 14.0. The summed E-state index contributed by atoms with van der Waals surface area (Å²) in [5.74, 6) is 0. The van der Waals surface area contributed by atoms with E-state index in [1.807, 2.05) is 18.2 Å². The van der Waals surface area contributed by atoms with Crippen LogP contribution in [0.15, 0.2) is 40.9 Å². The molecule has 1 nitrogen and oxygen atoms in total. The molecule has 0 amide bonds. The summed E-state index contributed by atoms with van der Waals surface area (Å²) in [6, 6.07) is 11.7. The number of benzene rings is 2. The summed E-state index contributed by atoms with van der Waals surface area (Å²) < 4.78 is 0.924. The summed E-state index contributed by atoms with van der Waals surface area (Å²) >= 11 is 9.57. The Hall–Kier alpha value is -0.830. The zero-order valence-corrected chi connectivity index (χ0v) is 13.3. The van der Waals surface area contributed by atoms with E-state index in [1.165, 1.54) is 16.7 Å². The third-order valence-corrected chi connectivity index (χ3v) is 4.20. The van der Waals surface area contributed by atoms with E-state index in [0.29, 0.717) is 11.4 Å². The number of rotatable bonds is 3. The van der Waals surface area contributed by atoms with Gasteiger partial charge >= 0.3 is 0 Å². The lowest BCUT2D eigenvalue weighted by Crippen LogP contribution is -2.05. The number of aliphatic hydroxyl groups excluding tert-OH is 1. The van der Waals surface area contributed by atoms with Gasteiger partial charge in [0, 0.05) is 21.5 Å². The van der Waals surface area contributed by atoms with Crippen molar-refractivity contribution in [1.82, 2.24) is 0 Å². The molecule has 0 aliphatic carbocycles. The molecule has 2 aromatic carbocycles. The Bertz CT molecular complexity index is 575. The van der Waals surface area contributed by atoms with E-state index >= 15 is 0 Å². The highest BCUT2D eigenvalue weighted by Crippen LogP contribution is 2.30. The normalized spacial score (nSPS) is 12.5. The molecule has 0 fully saturated rings. The summed E-state index contributed by atoms with van der Waals surface area (Å²) in [6.07, 6.45) is -0.0147. The van der Waals surface area contributed by atoms with Crippen LogP contribution in [0.2, 0.25) is 5.02 Å². The van der Waals surface area contributed by atoms with Crippen LogP contribution < -0.4 is 0 Å². The van der Waals surface area contributed by atoms with Crippen LogP contribution >= 0.6 is 27.5 Å². The van der Waals surface area contributed by atoms with Crippen molar-refractivity contribution in [2.24, 2.45) is 0 Å². The molecule has 1 N–H and O–H groups in total. The molecule has 1 unspecified atom stereocenters. The maximum absolute atomic E-state index is 10.4. The van der Waals surface area contributed by atoms with Crippen molar-refractivity contribution in [2.75, 3.05) is 0 Å². The Morgan fingerprint density at radius 1 is 1.16 bits per heavy atom. The lowest BCUT2D eigenvalue weighted by Gasteiger charge is -2.16. The molecule has 2 rings (SSSR count). The first-order valence-corrected chi connectivity index (χ1v) is 7.34. The molecule has 0 saturated carbocycles. The van der Waals surface area contributed by atoms with Crippen LogP contribution in [-0.4, -0.2) is 5.11 Å². The van der Waals surface area contributed by atoms with E-state index in [4.69, 9.17) is 11.6 Å². The standard InChI is InChI=1S/C16H16BrClO/c1-10-4-3-5-11(2)13(10)9-16(19)14-8-12(17)6-7-15(14)18/h3-8,16,19H,9H2,1-2H3. The van der Waals surface area contributed by atoms with Crippen LogP contribution in [0.25, 0.3) is 0 Å². The van der Waals surface area contributed by atoms with Gasteiger partial charge in [0.1, 0.15) is 0 Å². The largest absolute Gasteiger partial charge is 0.388 e. The van der Waals surface area contributed by atoms with Gasteiger partial charge in [-0.2, -0.15) is 0 Å². The van der Waals surface area contributed by atoms with E-state index in [2.05, 4.69) is 41.9 Å². The molecule has 0 bridgehead atoms. The van der Waals surface area contributed by atoms with E-state index in [0.717, 1.165) is 10.0 Å². The summed E-state index contributed by atoms with van der Waals surface area (Å²) in [4.78, 5) is 0. The predicted octanol–water partition coefficient (Wildman–Crippen LogP) is 5.00. The number of halogens is 2. The highest BCUT2D eigenvalue weighted by Gasteiger charge is 2.15. The zero-order valence-electron chi connectivity index (χ0n) is 11.0. The molecule has 0 aliphatic rings. The Labute approximate surface area is 127 Å². The second-order valence-electron chi connectivity index (χ2n) is 4.76. The van der Waals surface area contributed by atoms with Gasteiger partial charge in [0.2, 0.25) is 0 Å². The topological polar surface area (TPSA) is 20.2 Å². The van der Waals surface area contributed by atoms with Gasteiger partial charge in [-0.25, -0.2) is 0 Å². The Morgan fingerprint density at radius 2 is 1.79 bits per heavy atom. The van der Waals surface area contributed by atoms with Crippen molar-refractivity contribution in [3.63, 3.8) is 0 Å². The molecule has 0 spiro atoms. The van der Waals surface area contributed by atoms with Gasteiger partial charge in [-0.1, -0.05) is 45.7 Å². The maximum atomic E-state index is 10.4. The second-order valence-corrected chi connectivity index (χ2v) is 6.08. The van der Waals surface area contributed by atoms with Crippen molar-refractivity contribution in [2.45, 2.75) is 26.4 Å². The van der Waals surface area contributed by atoms with Gasteiger partial charge in [-0.05, 0) is 48.7 Å². The SMILES string of the molecule is Cc1cccc(C)c1CC(O)c1cc(Br)ccc1Cl. The first-order chi connectivity index (χ1) is 8.99. The summed E-state index contributed by atoms with van der Waals surface area (Å²) in [5.41, 5.74) is 4.35. The Morgan fingerprint density at radius 3 is 2.42 bits per heavy atom. The van der Waals surface area contributed by atoms with Crippen LogP contribution in [-0.2, 0) is 6.42 Å². The second kappa shape index (κ2) is 6.08. The fourth-order valence-electron chi connectivity index (χ4n) is 2.24. The minimum atomic E-state index is -0.593. The number of hydrogen-bond acceptors (Lipinski definition) is 1. The lowest BCUT2D eigenvalue weighted by molar-refractivity contribution is 0.178. The molecule has 0 aliphatic heterocycles. The Balaban J connectivity index is 2.31. The summed E-state index contributed by atoms with van der Waals surface area (Å²) in [7, 11) is 0. The molecule has 2 aromatic rings. The molecule has 3 heteroatoms. The monoisotopic (exact) mass is 338 g/mol. The maximum Gasteiger partial charge on any atom is 0.0845 e. The molecule has 0 heterocycles. The number of hydrogen-bond donors (Lipinski definition) is 1. The first kappa shape index (κ1) is 14.6. The fourth-order valence-corrected chi connectivity index (χ4v) is 2.87. The lowest BCUT2D eigenvalue weighted by atomic mass is 9.94. The van der Waals surface area contributed by atoms with Crippen molar-refractivity contribution < 1.29 is 5.11 Å². The third-order valence-electron chi connectivity index (χ3n) is 3.36. The molecule has 19 heavy (non-hydrogen) atoms. The predicted molar refractivity (Wildman–Crippen MR) is 83.7 cm³/mol. The minimum absolute atomic E-state index is 0.578. The molecule has 0 aromatic heterocycles. The van der Waals surface area contributed by atoms with Gasteiger partial charge in [0.05, 0.1) is 6.10 Å². The van der Waals surface area contributed by atoms with Gasteiger partial charge in [0.15, 0.2) is 0 Å². The van der Waals surface area contributed by atoms with Crippen molar-refractivity contribution >= 4 is 27.5 Å². The van der Waals surface area contributed by atoms with Crippen molar-refractivity contribution in [1.29, 1.82) is 0 Å². The van der Waals surface area contributed by atoms with E-state index in [1.54, 1.807) is 6.07 Å². The highest BCUT2D eigenvalue weighted by atomic mass is 79.9. The first-order valence-electron chi connectivity index (χ1n) is 6.17. The fraction of sp³-hybridized carbons (Fsp3) is 0.250. The van der Waals surface area contributed by atoms with Crippen molar-refractivity contribution in [3.05, 3.63) is 68.1 Å². The van der Waals surface area contributed by atoms with E-state index in [-0.39, 0.29) is 0 Å². The van der Waals surface area contributed by atoms with Gasteiger partial charge in [-0.3, -0.25) is 0 Å². The molecular formula is C16H16BrClO. The van der Waals surface area contributed by atoms with E-state index in [9.17, 15) is 5.11 Å². The van der Waals surface area contributed by atoms with Crippen LogP contribution in [0.3, 0.4) is 0 Å². The van der Waals surface area contributed by atoms with Gasteiger partial charge in [-0.15, -0.1) is 0 Å². The molecule has 0 saturated heterocycles. The summed E-state index contributed by atoms with van der Waals surface area (Å²) in [5, 5.41) is 11.0. The minimum Gasteiger partial charge on any atom is -0.388 e.